The summed E-state index contributed by atoms with van der Waals surface area (Å²) in [5.74, 6) is 2.51. The van der Waals surface area contributed by atoms with Crippen LogP contribution in [0.2, 0.25) is 0 Å². The third kappa shape index (κ3) is 3.07. The smallest absolute Gasteiger partial charge is 0.220 e. The number of carbonyl (C=O) groups is 1. The molecular formula is C19H24N4O. The molecule has 5 heteroatoms. The van der Waals surface area contributed by atoms with E-state index in [0.717, 1.165) is 23.1 Å². The number of hydrogen-bond acceptors (Lipinski definition) is 3. The van der Waals surface area contributed by atoms with Gasteiger partial charge in [-0.2, -0.15) is 5.10 Å². The van der Waals surface area contributed by atoms with Gasteiger partial charge < -0.3 is 5.32 Å². The molecule has 2 aromatic rings. The standard InChI is InChI=1S/C19H24N4O/c1-13(15-4-6-18(7-5-15)23-12-20-11-21-23)22-19(24)10-17-9-14-2-3-16(17)8-14/h4-7,11-14,16-17H,2-3,8-10H2,1H3,(H,22,24)/t13-,14+,16+,17+/m1/s1. The second-order valence-corrected chi connectivity index (χ2v) is 7.36. The van der Waals surface area contributed by atoms with E-state index in [0.29, 0.717) is 12.3 Å². The first-order valence-electron chi connectivity index (χ1n) is 8.93. The van der Waals surface area contributed by atoms with Gasteiger partial charge in [-0.1, -0.05) is 18.6 Å². The Morgan fingerprint density at radius 2 is 2.12 bits per heavy atom. The predicted molar refractivity (Wildman–Crippen MR) is 91.5 cm³/mol. The van der Waals surface area contributed by atoms with Crippen LogP contribution in [0.3, 0.4) is 0 Å². The summed E-state index contributed by atoms with van der Waals surface area (Å²) in [6, 6.07) is 8.12. The van der Waals surface area contributed by atoms with E-state index in [1.54, 1.807) is 11.0 Å². The van der Waals surface area contributed by atoms with Gasteiger partial charge >= 0.3 is 0 Å². The molecule has 4 rings (SSSR count). The molecular weight excluding hydrogens is 300 g/mol. The van der Waals surface area contributed by atoms with Gasteiger partial charge in [0.25, 0.3) is 0 Å². The summed E-state index contributed by atoms with van der Waals surface area (Å²) in [5.41, 5.74) is 2.08. The number of carbonyl (C=O) groups excluding carboxylic acids is 1. The van der Waals surface area contributed by atoms with Crippen LogP contribution in [0.4, 0.5) is 0 Å². The molecule has 0 aliphatic heterocycles. The van der Waals surface area contributed by atoms with Crippen molar-refractivity contribution in [1.29, 1.82) is 0 Å². The van der Waals surface area contributed by atoms with Crippen LogP contribution in [-0.4, -0.2) is 20.7 Å². The van der Waals surface area contributed by atoms with Crippen molar-refractivity contribution in [3.8, 4) is 5.69 Å². The Morgan fingerprint density at radius 3 is 2.75 bits per heavy atom. The molecule has 4 atom stereocenters. The summed E-state index contributed by atoms with van der Waals surface area (Å²) in [7, 11) is 0. The Hall–Kier alpha value is -2.17. The zero-order chi connectivity index (χ0) is 16.5. The molecule has 2 saturated carbocycles. The zero-order valence-corrected chi connectivity index (χ0v) is 14.1. The molecule has 5 nitrogen and oxygen atoms in total. The number of nitrogens with zero attached hydrogens (tertiary/aromatic N) is 3. The van der Waals surface area contributed by atoms with E-state index in [2.05, 4.69) is 15.4 Å². The molecule has 2 bridgehead atoms. The van der Waals surface area contributed by atoms with Gasteiger partial charge in [0.1, 0.15) is 12.7 Å². The SMILES string of the molecule is C[C@@H](NC(=O)C[C@@H]1C[C@H]2CC[C@H]1C2)c1ccc(-n2cncn2)cc1. The lowest BCUT2D eigenvalue weighted by atomic mass is 9.86. The molecule has 1 N–H and O–H groups in total. The van der Waals surface area contributed by atoms with Crippen molar-refractivity contribution in [2.45, 2.75) is 45.1 Å². The van der Waals surface area contributed by atoms with Crippen molar-refractivity contribution >= 4 is 5.91 Å². The quantitative estimate of drug-likeness (QED) is 0.918. The molecule has 1 aromatic heterocycles. The summed E-state index contributed by atoms with van der Waals surface area (Å²) in [6.45, 7) is 2.04. The number of amides is 1. The van der Waals surface area contributed by atoms with Gasteiger partial charge in [0, 0.05) is 6.42 Å². The van der Waals surface area contributed by atoms with E-state index in [9.17, 15) is 4.79 Å². The largest absolute Gasteiger partial charge is 0.350 e. The number of hydrogen-bond donors (Lipinski definition) is 1. The van der Waals surface area contributed by atoms with Crippen LogP contribution in [0.15, 0.2) is 36.9 Å². The Labute approximate surface area is 142 Å². The number of rotatable bonds is 5. The molecule has 2 fully saturated rings. The Balaban J connectivity index is 1.33. The van der Waals surface area contributed by atoms with Gasteiger partial charge in [-0.25, -0.2) is 9.67 Å². The first-order chi connectivity index (χ1) is 11.7. The number of nitrogens with one attached hydrogen (secondary N) is 1. The second kappa shape index (κ2) is 6.38. The Kier molecular flexibility index (Phi) is 4.08. The molecule has 126 valence electrons. The molecule has 2 aliphatic carbocycles. The van der Waals surface area contributed by atoms with E-state index in [1.165, 1.54) is 32.0 Å². The van der Waals surface area contributed by atoms with Gasteiger partial charge in [0.15, 0.2) is 0 Å². The third-order valence-corrected chi connectivity index (χ3v) is 5.79. The van der Waals surface area contributed by atoms with E-state index in [1.807, 2.05) is 31.2 Å². The van der Waals surface area contributed by atoms with Crippen molar-refractivity contribution in [2.24, 2.45) is 17.8 Å². The highest BCUT2D eigenvalue weighted by Gasteiger charge is 2.40. The molecule has 0 spiro atoms. The maximum atomic E-state index is 12.4. The van der Waals surface area contributed by atoms with Crippen LogP contribution < -0.4 is 5.32 Å². The fourth-order valence-corrected chi connectivity index (χ4v) is 4.51. The van der Waals surface area contributed by atoms with E-state index in [4.69, 9.17) is 0 Å². The van der Waals surface area contributed by atoms with Crippen molar-refractivity contribution in [3.05, 3.63) is 42.5 Å². The minimum absolute atomic E-state index is 0.0286. The van der Waals surface area contributed by atoms with Crippen LogP contribution in [0.1, 0.15) is 50.6 Å². The molecule has 0 saturated heterocycles. The van der Waals surface area contributed by atoms with Crippen molar-refractivity contribution in [1.82, 2.24) is 20.1 Å². The molecule has 24 heavy (non-hydrogen) atoms. The average Bonchev–Trinajstić information content (AvgIpc) is 3.32. The van der Waals surface area contributed by atoms with Crippen LogP contribution in [-0.2, 0) is 4.79 Å². The summed E-state index contributed by atoms with van der Waals surface area (Å²) >= 11 is 0. The maximum Gasteiger partial charge on any atom is 0.220 e. The molecule has 1 amide bonds. The van der Waals surface area contributed by atoms with Crippen LogP contribution in [0, 0.1) is 17.8 Å². The van der Waals surface area contributed by atoms with Crippen LogP contribution >= 0.6 is 0 Å². The highest BCUT2D eigenvalue weighted by molar-refractivity contribution is 5.76. The predicted octanol–water partition coefficient (Wildman–Crippen LogP) is 3.27. The van der Waals surface area contributed by atoms with Gasteiger partial charge in [-0.3, -0.25) is 4.79 Å². The molecule has 0 radical (unpaired) electrons. The Bertz CT molecular complexity index is 695. The lowest BCUT2D eigenvalue weighted by Gasteiger charge is -2.22. The second-order valence-electron chi connectivity index (χ2n) is 7.36. The minimum atomic E-state index is 0.0286. The van der Waals surface area contributed by atoms with E-state index < -0.39 is 0 Å². The average molecular weight is 324 g/mol. The maximum absolute atomic E-state index is 12.4. The van der Waals surface area contributed by atoms with Crippen molar-refractivity contribution < 1.29 is 4.79 Å². The first-order valence-corrected chi connectivity index (χ1v) is 8.93. The number of aromatic nitrogens is 3. The molecule has 1 aromatic carbocycles. The van der Waals surface area contributed by atoms with Gasteiger partial charge in [0.2, 0.25) is 5.91 Å². The van der Waals surface area contributed by atoms with Gasteiger partial charge in [-0.15, -0.1) is 0 Å². The normalized spacial score (nSPS) is 26.5. The number of fused-ring (bicyclic) bond motifs is 2. The van der Waals surface area contributed by atoms with Crippen LogP contribution in [0.5, 0.6) is 0 Å². The minimum Gasteiger partial charge on any atom is -0.350 e. The highest BCUT2D eigenvalue weighted by Crippen LogP contribution is 2.49. The Morgan fingerprint density at radius 1 is 1.29 bits per heavy atom. The molecule has 2 aliphatic rings. The van der Waals surface area contributed by atoms with Gasteiger partial charge in [-0.05, 0) is 61.6 Å². The first kappa shape index (κ1) is 15.4. The third-order valence-electron chi connectivity index (χ3n) is 5.79. The summed E-state index contributed by atoms with van der Waals surface area (Å²) in [5, 5.41) is 7.28. The monoisotopic (exact) mass is 324 g/mol. The summed E-state index contributed by atoms with van der Waals surface area (Å²) < 4.78 is 1.72. The topological polar surface area (TPSA) is 59.8 Å². The van der Waals surface area contributed by atoms with Crippen LogP contribution in [0.25, 0.3) is 5.69 Å². The van der Waals surface area contributed by atoms with E-state index >= 15 is 0 Å². The summed E-state index contributed by atoms with van der Waals surface area (Å²) in [4.78, 5) is 16.3. The highest BCUT2D eigenvalue weighted by atomic mass is 16.1. The zero-order valence-electron chi connectivity index (χ0n) is 14.1. The lowest BCUT2D eigenvalue weighted by Crippen LogP contribution is -2.29. The molecule has 1 heterocycles. The fourth-order valence-electron chi connectivity index (χ4n) is 4.51. The summed E-state index contributed by atoms with van der Waals surface area (Å²) in [6.07, 6.45) is 9.24. The van der Waals surface area contributed by atoms with E-state index in [-0.39, 0.29) is 11.9 Å². The lowest BCUT2D eigenvalue weighted by molar-refractivity contribution is -0.123. The number of benzene rings is 1. The van der Waals surface area contributed by atoms with Crippen molar-refractivity contribution in [3.63, 3.8) is 0 Å². The fraction of sp³-hybridized carbons (Fsp3) is 0.526. The van der Waals surface area contributed by atoms with Gasteiger partial charge in [0.05, 0.1) is 11.7 Å². The van der Waals surface area contributed by atoms with Crippen molar-refractivity contribution in [2.75, 3.05) is 0 Å². The molecule has 0 unspecified atom stereocenters.